The van der Waals surface area contributed by atoms with E-state index in [2.05, 4.69) is 46.1 Å². The van der Waals surface area contributed by atoms with Gasteiger partial charge in [-0.05, 0) is 37.1 Å². The fraction of sp³-hybridized carbons (Fsp3) is 0.278. The highest BCUT2D eigenvalue weighted by atomic mass is 16.3. The third-order valence-electron chi connectivity index (χ3n) is 4.29. The summed E-state index contributed by atoms with van der Waals surface area (Å²) < 4.78 is 0. The fourth-order valence-corrected chi connectivity index (χ4v) is 3.16. The molecule has 1 aliphatic rings. The second kappa shape index (κ2) is 5.14. The van der Waals surface area contributed by atoms with Crippen molar-refractivity contribution in [2.45, 2.75) is 19.4 Å². The first-order valence-corrected chi connectivity index (χ1v) is 7.68. The van der Waals surface area contributed by atoms with Crippen molar-refractivity contribution in [2.24, 2.45) is 0 Å². The van der Waals surface area contributed by atoms with Gasteiger partial charge in [0.25, 0.3) is 0 Å². The molecule has 2 N–H and O–H groups in total. The predicted molar refractivity (Wildman–Crippen MR) is 89.1 cm³/mol. The molecule has 4 heteroatoms. The summed E-state index contributed by atoms with van der Waals surface area (Å²) in [5, 5.41) is 11.0. The monoisotopic (exact) mass is 293 g/mol. The van der Waals surface area contributed by atoms with Crippen LogP contribution >= 0.6 is 0 Å². The minimum absolute atomic E-state index is 0.251. The third kappa shape index (κ3) is 2.25. The van der Waals surface area contributed by atoms with E-state index in [1.807, 2.05) is 18.3 Å². The number of nitrogens with zero attached hydrogens (tertiary/aromatic N) is 2. The molecule has 1 saturated heterocycles. The zero-order valence-electron chi connectivity index (χ0n) is 12.6. The number of pyridine rings is 1. The second-order valence-electron chi connectivity index (χ2n) is 6.04. The molecular weight excluding hydrogens is 274 g/mol. The first-order chi connectivity index (χ1) is 10.7. The Bertz CT molecular complexity index is 791. The van der Waals surface area contributed by atoms with Crippen molar-refractivity contribution in [3.63, 3.8) is 0 Å². The number of fused-ring (bicyclic) bond motifs is 1. The van der Waals surface area contributed by atoms with E-state index in [0.29, 0.717) is 6.54 Å². The van der Waals surface area contributed by atoms with Crippen LogP contribution in [-0.2, 0) is 0 Å². The number of aromatic nitrogens is 2. The van der Waals surface area contributed by atoms with Gasteiger partial charge < -0.3 is 15.0 Å². The maximum absolute atomic E-state index is 9.81. The molecule has 3 aromatic rings. The molecule has 0 amide bonds. The number of aromatic amines is 1. The van der Waals surface area contributed by atoms with Crippen LogP contribution < -0.4 is 4.90 Å². The van der Waals surface area contributed by atoms with Gasteiger partial charge in [0.1, 0.15) is 5.82 Å². The third-order valence-corrected chi connectivity index (χ3v) is 4.29. The van der Waals surface area contributed by atoms with Gasteiger partial charge in [0.2, 0.25) is 0 Å². The lowest BCUT2D eigenvalue weighted by molar-refractivity contribution is 0.198. The molecule has 0 spiro atoms. The molecule has 2 aromatic heterocycles. The summed E-state index contributed by atoms with van der Waals surface area (Å²) in [7, 11) is 0. The fourth-order valence-electron chi connectivity index (χ4n) is 3.16. The molecule has 22 heavy (non-hydrogen) atoms. The molecule has 1 aliphatic heterocycles. The Morgan fingerprint density at radius 2 is 2.14 bits per heavy atom. The van der Waals surface area contributed by atoms with Gasteiger partial charge in [0, 0.05) is 35.8 Å². The summed E-state index contributed by atoms with van der Waals surface area (Å²) in [6, 6.07) is 12.6. The predicted octanol–water partition coefficient (Wildman–Crippen LogP) is 3.11. The number of aliphatic hydroxyl groups is 1. The van der Waals surface area contributed by atoms with E-state index in [-0.39, 0.29) is 6.10 Å². The first kappa shape index (κ1) is 13.3. The number of nitrogens with one attached hydrogen (secondary N) is 1. The van der Waals surface area contributed by atoms with Gasteiger partial charge in [-0.25, -0.2) is 4.98 Å². The Hall–Kier alpha value is -2.33. The Labute approximate surface area is 129 Å². The molecule has 0 saturated carbocycles. The van der Waals surface area contributed by atoms with Crippen LogP contribution in [0.3, 0.4) is 0 Å². The van der Waals surface area contributed by atoms with Crippen LogP contribution in [0.15, 0.2) is 42.6 Å². The van der Waals surface area contributed by atoms with Crippen LogP contribution in [-0.4, -0.2) is 34.3 Å². The topological polar surface area (TPSA) is 52.1 Å². The zero-order valence-corrected chi connectivity index (χ0v) is 12.6. The van der Waals surface area contributed by atoms with Crippen molar-refractivity contribution >= 4 is 16.7 Å². The van der Waals surface area contributed by atoms with Gasteiger partial charge in [0.05, 0.1) is 11.8 Å². The molecule has 4 rings (SSSR count). The summed E-state index contributed by atoms with van der Waals surface area (Å²) in [5.74, 6) is 0.953. The minimum atomic E-state index is -0.251. The van der Waals surface area contributed by atoms with Crippen molar-refractivity contribution in [3.8, 4) is 11.3 Å². The van der Waals surface area contributed by atoms with E-state index in [1.54, 1.807) is 0 Å². The van der Waals surface area contributed by atoms with Crippen molar-refractivity contribution in [3.05, 3.63) is 48.2 Å². The van der Waals surface area contributed by atoms with Crippen molar-refractivity contribution in [1.82, 2.24) is 9.97 Å². The van der Waals surface area contributed by atoms with Crippen LogP contribution in [0.2, 0.25) is 0 Å². The van der Waals surface area contributed by atoms with Crippen LogP contribution in [0.1, 0.15) is 12.0 Å². The number of anilines is 1. The summed E-state index contributed by atoms with van der Waals surface area (Å²) >= 11 is 0. The van der Waals surface area contributed by atoms with Crippen molar-refractivity contribution in [1.29, 1.82) is 0 Å². The molecule has 1 atom stereocenters. The number of para-hydroxylation sites is 1. The lowest BCUT2D eigenvalue weighted by Gasteiger charge is -2.20. The maximum atomic E-state index is 9.81. The Morgan fingerprint density at radius 3 is 2.91 bits per heavy atom. The highest BCUT2D eigenvalue weighted by molar-refractivity contribution is 5.88. The minimum Gasteiger partial charge on any atom is -0.391 e. The number of hydrogen-bond donors (Lipinski definition) is 2. The number of aryl methyl sites for hydroxylation is 1. The molecular formula is C18H19N3O. The van der Waals surface area contributed by atoms with Gasteiger partial charge >= 0.3 is 0 Å². The standard InChI is InChI=1S/C18H19N3O/c1-12-8-15(17-9-13-4-2-3-5-16(13)20-17)18(19-10-12)21-7-6-14(22)11-21/h2-5,8-10,14,20,22H,6-7,11H2,1H3/t14-/m0/s1. The molecule has 1 aromatic carbocycles. The van der Waals surface area contributed by atoms with Gasteiger partial charge in [-0.3, -0.25) is 0 Å². The molecule has 0 aliphatic carbocycles. The van der Waals surface area contributed by atoms with Gasteiger partial charge in [-0.1, -0.05) is 18.2 Å². The Kier molecular flexibility index (Phi) is 3.12. The van der Waals surface area contributed by atoms with E-state index in [9.17, 15) is 5.11 Å². The zero-order chi connectivity index (χ0) is 15.1. The summed E-state index contributed by atoms with van der Waals surface area (Å²) in [6.45, 7) is 3.56. The number of H-pyrrole nitrogens is 1. The van der Waals surface area contributed by atoms with Crippen molar-refractivity contribution in [2.75, 3.05) is 18.0 Å². The molecule has 0 unspecified atom stereocenters. The van der Waals surface area contributed by atoms with E-state index < -0.39 is 0 Å². The van der Waals surface area contributed by atoms with Gasteiger partial charge in [0.15, 0.2) is 0 Å². The number of benzene rings is 1. The first-order valence-electron chi connectivity index (χ1n) is 7.68. The van der Waals surface area contributed by atoms with E-state index in [0.717, 1.165) is 41.1 Å². The summed E-state index contributed by atoms with van der Waals surface area (Å²) in [5.41, 5.74) is 4.45. The molecule has 3 heterocycles. The lowest BCUT2D eigenvalue weighted by Crippen LogP contribution is -2.23. The number of aliphatic hydroxyl groups excluding tert-OH is 1. The molecule has 4 nitrogen and oxygen atoms in total. The lowest BCUT2D eigenvalue weighted by atomic mass is 10.1. The summed E-state index contributed by atoms with van der Waals surface area (Å²) in [4.78, 5) is 10.3. The van der Waals surface area contributed by atoms with Crippen molar-refractivity contribution < 1.29 is 5.11 Å². The normalized spacial score (nSPS) is 18.3. The average Bonchev–Trinajstić information content (AvgIpc) is 3.13. The van der Waals surface area contributed by atoms with E-state index in [4.69, 9.17) is 0 Å². The summed E-state index contributed by atoms with van der Waals surface area (Å²) in [6.07, 6.45) is 2.45. The van der Waals surface area contributed by atoms with Crippen LogP contribution in [0.5, 0.6) is 0 Å². The average molecular weight is 293 g/mol. The highest BCUT2D eigenvalue weighted by Crippen LogP contribution is 2.33. The van der Waals surface area contributed by atoms with E-state index >= 15 is 0 Å². The smallest absolute Gasteiger partial charge is 0.138 e. The number of hydrogen-bond acceptors (Lipinski definition) is 3. The van der Waals surface area contributed by atoms with Crippen LogP contribution in [0, 0.1) is 6.92 Å². The van der Waals surface area contributed by atoms with Gasteiger partial charge in [-0.2, -0.15) is 0 Å². The Morgan fingerprint density at radius 1 is 1.27 bits per heavy atom. The Balaban J connectivity index is 1.84. The molecule has 112 valence electrons. The molecule has 0 bridgehead atoms. The van der Waals surface area contributed by atoms with Crippen LogP contribution in [0.25, 0.3) is 22.2 Å². The molecule has 1 fully saturated rings. The highest BCUT2D eigenvalue weighted by Gasteiger charge is 2.24. The second-order valence-corrected chi connectivity index (χ2v) is 6.04. The largest absolute Gasteiger partial charge is 0.391 e. The number of β-amino-alcohol motifs (C(OH)–C–C–N with tert-alkyl or cyclic N) is 1. The van der Waals surface area contributed by atoms with Gasteiger partial charge in [-0.15, -0.1) is 0 Å². The quantitative estimate of drug-likeness (QED) is 0.763. The van der Waals surface area contributed by atoms with Crippen LogP contribution in [0.4, 0.5) is 5.82 Å². The maximum Gasteiger partial charge on any atom is 0.138 e. The SMILES string of the molecule is Cc1cnc(N2CC[C@H](O)C2)c(-c2cc3ccccc3[nH]2)c1. The number of rotatable bonds is 2. The molecule has 0 radical (unpaired) electrons. The van der Waals surface area contributed by atoms with E-state index in [1.165, 1.54) is 5.39 Å².